The van der Waals surface area contributed by atoms with Crippen LogP contribution < -0.4 is 21.7 Å². The number of hydrogen-bond acceptors (Lipinski definition) is 5. The van der Waals surface area contributed by atoms with Gasteiger partial charge in [-0.3, -0.25) is 14.4 Å². The van der Waals surface area contributed by atoms with E-state index in [2.05, 4.69) is 16.0 Å². The van der Waals surface area contributed by atoms with Gasteiger partial charge in [0.05, 0.1) is 19.1 Å². The average molecular weight is 344 g/mol. The summed E-state index contributed by atoms with van der Waals surface area (Å²) in [5.41, 5.74) is 5.73. The van der Waals surface area contributed by atoms with Gasteiger partial charge in [-0.25, -0.2) is 4.79 Å². The second-order valence-electron chi connectivity index (χ2n) is 6.03. The highest BCUT2D eigenvalue weighted by molar-refractivity contribution is 5.90. The van der Waals surface area contributed by atoms with Crippen molar-refractivity contribution in [2.45, 2.75) is 46.2 Å². The first kappa shape index (κ1) is 21.8. The highest BCUT2D eigenvalue weighted by Gasteiger charge is 2.23. The van der Waals surface area contributed by atoms with Crippen LogP contribution in [0, 0.1) is 11.8 Å². The van der Waals surface area contributed by atoms with Gasteiger partial charge in [0.15, 0.2) is 0 Å². The first-order valence-corrected chi connectivity index (χ1v) is 7.92. The summed E-state index contributed by atoms with van der Waals surface area (Å²) in [6.07, 6.45) is 0.738. The Bertz CT molecular complexity index is 467. The van der Waals surface area contributed by atoms with Gasteiger partial charge in [-0.2, -0.15) is 0 Å². The third-order valence-corrected chi connectivity index (χ3v) is 3.68. The van der Waals surface area contributed by atoms with E-state index in [9.17, 15) is 19.2 Å². The number of amides is 3. The molecule has 0 aromatic heterocycles. The molecule has 0 rings (SSSR count). The Morgan fingerprint density at radius 2 is 1.54 bits per heavy atom. The molecular formula is C15H28N4O5. The van der Waals surface area contributed by atoms with E-state index in [1.54, 1.807) is 13.8 Å². The number of nitrogens with one attached hydrogen (secondary N) is 3. The average Bonchev–Trinajstić information content (AvgIpc) is 2.53. The molecule has 3 amide bonds. The smallest absolute Gasteiger partial charge is 0.326 e. The Labute approximate surface area is 141 Å². The van der Waals surface area contributed by atoms with Crippen molar-refractivity contribution in [1.29, 1.82) is 0 Å². The Hall–Kier alpha value is -2.16. The summed E-state index contributed by atoms with van der Waals surface area (Å²) in [6, 6.07) is -1.73. The van der Waals surface area contributed by atoms with Gasteiger partial charge < -0.3 is 26.8 Å². The van der Waals surface area contributed by atoms with Gasteiger partial charge in [-0.05, 0) is 11.8 Å². The minimum absolute atomic E-state index is 0.0113. The second-order valence-corrected chi connectivity index (χ2v) is 6.03. The summed E-state index contributed by atoms with van der Waals surface area (Å²) in [7, 11) is 0. The number of carbonyl (C=O) groups is 4. The topological polar surface area (TPSA) is 151 Å². The molecule has 0 spiro atoms. The molecule has 3 atom stereocenters. The Kier molecular flexibility index (Phi) is 9.63. The molecule has 0 heterocycles. The number of aliphatic carboxylic acids is 1. The van der Waals surface area contributed by atoms with Crippen molar-refractivity contribution in [3.63, 3.8) is 0 Å². The molecule has 0 aromatic rings. The summed E-state index contributed by atoms with van der Waals surface area (Å²) in [5.74, 6) is -3.06. The van der Waals surface area contributed by atoms with E-state index in [0.29, 0.717) is 0 Å². The molecule has 0 bridgehead atoms. The van der Waals surface area contributed by atoms with E-state index in [1.165, 1.54) is 0 Å². The third-order valence-electron chi connectivity index (χ3n) is 3.68. The zero-order valence-electron chi connectivity index (χ0n) is 14.6. The van der Waals surface area contributed by atoms with Crippen LogP contribution in [-0.4, -0.2) is 54.0 Å². The monoisotopic (exact) mass is 344 g/mol. The molecule has 6 N–H and O–H groups in total. The minimum atomic E-state index is -1.14. The Morgan fingerprint density at radius 1 is 1.00 bits per heavy atom. The summed E-state index contributed by atoms with van der Waals surface area (Å²) < 4.78 is 0. The highest BCUT2D eigenvalue weighted by Crippen LogP contribution is 2.04. The number of carboxylic acid groups (broad SMARTS) is 1. The van der Waals surface area contributed by atoms with Crippen LogP contribution in [0.15, 0.2) is 0 Å². The molecule has 3 unspecified atom stereocenters. The van der Waals surface area contributed by atoms with Crippen LogP contribution in [-0.2, 0) is 19.2 Å². The largest absolute Gasteiger partial charge is 0.480 e. The van der Waals surface area contributed by atoms with E-state index < -0.39 is 35.8 Å². The van der Waals surface area contributed by atoms with E-state index >= 15 is 0 Å². The maximum absolute atomic E-state index is 11.7. The predicted molar refractivity (Wildman–Crippen MR) is 87.9 cm³/mol. The fraction of sp³-hybridized carbons (Fsp3) is 0.733. The molecule has 24 heavy (non-hydrogen) atoms. The van der Waals surface area contributed by atoms with E-state index in [1.807, 2.05) is 13.8 Å². The van der Waals surface area contributed by atoms with Crippen LogP contribution in [0.1, 0.15) is 34.1 Å². The molecule has 0 saturated heterocycles. The number of nitrogens with two attached hydrogens (primary N) is 1. The fourth-order valence-electron chi connectivity index (χ4n) is 1.78. The number of rotatable bonds is 10. The minimum Gasteiger partial charge on any atom is -0.480 e. The first-order valence-electron chi connectivity index (χ1n) is 7.92. The molecule has 0 radical (unpaired) electrons. The third kappa shape index (κ3) is 7.91. The molecule has 138 valence electrons. The lowest BCUT2D eigenvalue weighted by atomic mass is 9.99. The summed E-state index contributed by atoms with van der Waals surface area (Å²) in [6.45, 7) is 6.39. The zero-order valence-corrected chi connectivity index (χ0v) is 14.6. The second kappa shape index (κ2) is 10.6. The summed E-state index contributed by atoms with van der Waals surface area (Å²) >= 11 is 0. The van der Waals surface area contributed by atoms with Crippen LogP contribution in [0.25, 0.3) is 0 Å². The SMILES string of the molecule is CCC(C)C(N)C(=O)NCC(=O)NCC(=O)NC(C(=O)O)C(C)C. The maximum Gasteiger partial charge on any atom is 0.326 e. The van der Waals surface area contributed by atoms with Gasteiger partial charge in [0.1, 0.15) is 6.04 Å². The lowest BCUT2D eigenvalue weighted by Gasteiger charge is -2.18. The van der Waals surface area contributed by atoms with Crippen molar-refractivity contribution in [3.05, 3.63) is 0 Å². The summed E-state index contributed by atoms with van der Waals surface area (Å²) in [4.78, 5) is 45.9. The van der Waals surface area contributed by atoms with Gasteiger partial charge in [0.25, 0.3) is 0 Å². The summed E-state index contributed by atoms with van der Waals surface area (Å²) in [5, 5.41) is 16.0. The number of hydrogen-bond donors (Lipinski definition) is 5. The van der Waals surface area contributed by atoms with Crippen molar-refractivity contribution < 1.29 is 24.3 Å². The van der Waals surface area contributed by atoms with Gasteiger partial charge in [-0.1, -0.05) is 34.1 Å². The van der Waals surface area contributed by atoms with E-state index in [0.717, 1.165) is 6.42 Å². The normalized spacial score (nSPS) is 14.4. The number of carboxylic acids is 1. The fourth-order valence-corrected chi connectivity index (χ4v) is 1.78. The van der Waals surface area contributed by atoms with Gasteiger partial charge in [0, 0.05) is 0 Å². The maximum atomic E-state index is 11.7. The Balaban J connectivity index is 4.20. The standard InChI is InChI=1S/C15H28N4O5/c1-5-9(4)12(16)14(22)18-6-10(20)17-7-11(21)19-13(8(2)3)15(23)24/h8-9,12-13H,5-7,16H2,1-4H3,(H,17,20)(H,18,22)(H,19,21)(H,23,24). The molecule has 0 aromatic carbocycles. The lowest BCUT2D eigenvalue weighted by molar-refractivity contribution is -0.143. The Morgan fingerprint density at radius 3 is 2.00 bits per heavy atom. The molecule has 0 aliphatic heterocycles. The van der Waals surface area contributed by atoms with Crippen LogP contribution in [0.5, 0.6) is 0 Å². The number of carbonyl (C=O) groups excluding carboxylic acids is 3. The first-order chi connectivity index (χ1) is 11.1. The van der Waals surface area contributed by atoms with Crippen molar-refractivity contribution in [3.8, 4) is 0 Å². The van der Waals surface area contributed by atoms with Crippen molar-refractivity contribution in [2.75, 3.05) is 13.1 Å². The van der Waals surface area contributed by atoms with Gasteiger partial charge in [-0.15, -0.1) is 0 Å². The van der Waals surface area contributed by atoms with Crippen LogP contribution >= 0.6 is 0 Å². The quantitative estimate of drug-likeness (QED) is 0.336. The molecule has 0 fully saturated rings. The molecule has 0 saturated carbocycles. The molecule has 9 heteroatoms. The van der Waals surface area contributed by atoms with E-state index in [-0.39, 0.29) is 24.9 Å². The lowest BCUT2D eigenvalue weighted by Crippen LogP contribution is -2.50. The van der Waals surface area contributed by atoms with Gasteiger partial charge >= 0.3 is 5.97 Å². The van der Waals surface area contributed by atoms with Crippen LogP contribution in [0.4, 0.5) is 0 Å². The van der Waals surface area contributed by atoms with Crippen LogP contribution in [0.2, 0.25) is 0 Å². The van der Waals surface area contributed by atoms with Crippen molar-refractivity contribution in [1.82, 2.24) is 16.0 Å². The van der Waals surface area contributed by atoms with E-state index in [4.69, 9.17) is 10.8 Å². The molecule has 0 aliphatic rings. The predicted octanol–water partition coefficient (Wildman–Crippen LogP) is -1.18. The van der Waals surface area contributed by atoms with Crippen molar-refractivity contribution in [2.24, 2.45) is 17.6 Å². The molecular weight excluding hydrogens is 316 g/mol. The van der Waals surface area contributed by atoms with Crippen LogP contribution in [0.3, 0.4) is 0 Å². The highest BCUT2D eigenvalue weighted by atomic mass is 16.4. The zero-order chi connectivity index (χ0) is 18.9. The molecule has 0 aliphatic carbocycles. The van der Waals surface area contributed by atoms with Gasteiger partial charge in [0.2, 0.25) is 17.7 Å². The molecule has 9 nitrogen and oxygen atoms in total. The van der Waals surface area contributed by atoms with Crippen molar-refractivity contribution >= 4 is 23.7 Å².